The standard InChI is InChI=1S/C10H8ClNSe/c1-7-6-12-10(13-7)8-3-2-4-9(11)5-8/h2-6H,1H3. The summed E-state index contributed by atoms with van der Waals surface area (Å²) in [7, 11) is 0. The SMILES string of the molecule is Cc1cnc(-c2cccc(Cl)c2)[se]1. The van der Waals surface area contributed by atoms with Crippen LogP contribution >= 0.6 is 11.6 Å². The molecule has 0 saturated heterocycles. The second-order valence-electron chi connectivity index (χ2n) is 2.79. The number of halogens is 1. The summed E-state index contributed by atoms with van der Waals surface area (Å²) in [6.45, 7) is 2.11. The Morgan fingerprint density at radius 1 is 1.38 bits per heavy atom. The maximum atomic E-state index is 5.89. The zero-order chi connectivity index (χ0) is 9.26. The van der Waals surface area contributed by atoms with Crippen LogP contribution in [0, 0.1) is 6.92 Å². The van der Waals surface area contributed by atoms with Crippen molar-refractivity contribution in [2.45, 2.75) is 6.92 Å². The van der Waals surface area contributed by atoms with Crippen LogP contribution < -0.4 is 0 Å². The molecule has 0 spiro atoms. The maximum absolute atomic E-state index is 5.89. The third kappa shape index (κ3) is 2.02. The first-order valence-corrected chi connectivity index (χ1v) is 6.03. The summed E-state index contributed by atoms with van der Waals surface area (Å²) in [5, 5.41) is 0.778. The molecule has 1 aromatic heterocycles. The molecule has 0 aliphatic rings. The molecule has 2 rings (SSSR count). The molecular formula is C10H8ClNSe. The van der Waals surface area contributed by atoms with Crippen LogP contribution in [0.1, 0.15) is 4.44 Å². The Labute approximate surface area is 88.1 Å². The summed E-state index contributed by atoms with van der Waals surface area (Å²) in [5.74, 6) is 0. The third-order valence-electron chi connectivity index (χ3n) is 1.69. The molecule has 2 aromatic rings. The van der Waals surface area contributed by atoms with E-state index in [9.17, 15) is 0 Å². The van der Waals surface area contributed by atoms with Gasteiger partial charge >= 0.3 is 88.1 Å². The van der Waals surface area contributed by atoms with Gasteiger partial charge in [0.05, 0.1) is 0 Å². The molecule has 0 N–H and O–H groups in total. The molecular weight excluding hydrogens is 249 g/mol. The first-order chi connectivity index (χ1) is 6.25. The zero-order valence-corrected chi connectivity index (χ0v) is 9.59. The minimum absolute atomic E-state index is 0.394. The molecule has 13 heavy (non-hydrogen) atoms. The van der Waals surface area contributed by atoms with Gasteiger partial charge in [0.1, 0.15) is 0 Å². The summed E-state index contributed by atoms with van der Waals surface area (Å²) in [6.07, 6.45) is 1.94. The average molecular weight is 257 g/mol. The summed E-state index contributed by atoms with van der Waals surface area (Å²) < 4.78 is 2.54. The number of rotatable bonds is 1. The van der Waals surface area contributed by atoms with E-state index in [1.54, 1.807) is 0 Å². The van der Waals surface area contributed by atoms with Gasteiger partial charge in [-0.05, 0) is 0 Å². The van der Waals surface area contributed by atoms with E-state index in [2.05, 4.69) is 18.0 Å². The first-order valence-electron chi connectivity index (χ1n) is 3.94. The predicted molar refractivity (Wildman–Crippen MR) is 56.4 cm³/mol. The van der Waals surface area contributed by atoms with Crippen LogP contribution in [-0.4, -0.2) is 19.5 Å². The number of aryl methyl sites for hydroxylation is 1. The van der Waals surface area contributed by atoms with Crippen LogP contribution in [-0.2, 0) is 0 Å². The Morgan fingerprint density at radius 3 is 2.85 bits per heavy atom. The minimum atomic E-state index is 0.394. The van der Waals surface area contributed by atoms with Crippen molar-refractivity contribution < 1.29 is 0 Å². The van der Waals surface area contributed by atoms with E-state index in [0.717, 1.165) is 10.6 Å². The molecule has 0 aliphatic heterocycles. The van der Waals surface area contributed by atoms with Gasteiger partial charge in [0.25, 0.3) is 0 Å². The Balaban J connectivity index is 2.46. The van der Waals surface area contributed by atoms with Crippen molar-refractivity contribution in [2.24, 2.45) is 0 Å². The molecule has 1 aromatic carbocycles. The Morgan fingerprint density at radius 2 is 2.23 bits per heavy atom. The monoisotopic (exact) mass is 257 g/mol. The summed E-state index contributed by atoms with van der Waals surface area (Å²) in [6, 6.07) is 7.87. The van der Waals surface area contributed by atoms with E-state index in [1.165, 1.54) is 9.01 Å². The van der Waals surface area contributed by atoms with Crippen molar-refractivity contribution in [2.75, 3.05) is 0 Å². The molecule has 0 fully saturated rings. The molecule has 0 amide bonds. The van der Waals surface area contributed by atoms with Gasteiger partial charge in [-0.3, -0.25) is 0 Å². The van der Waals surface area contributed by atoms with Crippen molar-refractivity contribution in [3.63, 3.8) is 0 Å². The van der Waals surface area contributed by atoms with E-state index < -0.39 is 0 Å². The van der Waals surface area contributed by atoms with Gasteiger partial charge in [-0.2, -0.15) is 0 Å². The van der Waals surface area contributed by atoms with E-state index in [4.69, 9.17) is 11.6 Å². The van der Waals surface area contributed by atoms with E-state index >= 15 is 0 Å². The Bertz CT molecular complexity index is 422. The van der Waals surface area contributed by atoms with Gasteiger partial charge < -0.3 is 0 Å². The van der Waals surface area contributed by atoms with Crippen molar-refractivity contribution >= 4 is 26.1 Å². The molecule has 0 aliphatic carbocycles. The van der Waals surface area contributed by atoms with Gasteiger partial charge in [-0.15, -0.1) is 0 Å². The summed E-state index contributed by atoms with van der Waals surface area (Å²) in [5.41, 5.74) is 1.15. The molecule has 1 heterocycles. The number of hydrogen-bond donors (Lipinski definition) is 0. The zero-order valence-electron chi connectivity index (χ0n) is 7.12. The van der Waals surface area contributed by atoms with E-state index in [1.807, 2.05) is 24.4 Å². The van der Waals surface area contributed by atoms with Gasteiger partial charge in [-0.25, -0.2) is 0 Å². The van der Waals surface area contributed by atoms with Crippen molar-refractivity contribution in [3.8, 4) is 10.1 Å². The number of nitrogens with zero attached hydrogens (tertiary/aromatic N) is 1. The van der Waals surface area contributed by atoms with Crippen molar-refractivity contribution in [3.05, 3.63) is 39.9 Å². The van der Waals surface area contributed by atoms with E-state index in [-0.39, 0.29) is 0 Å². The van der Waals surface area contributed by atoms with Crippen LogP contribution in [0.5, 0.6) is 0 Å². The molecule has 0 bridgehead atoms. The van der Waals surface area contributed by atoms with Gasteiger partial charge in [0.2, 0.25) is 0 Å². The second kappa shape index (κ2) is 3.67. The fourth-order valence-corrected chi connectivity index (χ4v) is 2.90. The van der Waals surface area contributed by atoms with Gasteiger partial charge in [-0.1, -0.05) is 0 Å². The number of aromatic nitrogens is 1. The second-order valence-corrected chi connectivity index (χ2v) is 5.81. The normalized spacial score (nSPS) is 10.3. The Hall–Kier alpha value is -0.561. The molecule has 0 unspecified atom stereocenters. The molecule has 66 valence electrons. The third-order valence-corrected chi connectivity index (χ3v) is 3.95. The van der Waals surface area contributed by atoms with Crippen LogP contribution in [0.15, 0.2) is 30.5 Å². The molecule has 0 saturated carbocycles. The van der Waals surface area contributed by atoms with Crippen molar-refractivity contribution in [1.82, 2.24) is 4.98 Å². The fraction of sp³-hybridized carbons (Fsp3) is 0.100. The molecule has 0 radical (unpaired) electrons. The quantitative estimate of drug-likeness (QED) is 0.715. The molecule has 1 nitrogen and oxygen atoms in total. The molecule has 3 heteroatoms. The number of benzene rings is 1. The first kappa shape index (κ1) is 9.01. The molecule has 0 atom stereocenters. The predicted octanol–water partition coefficient (Wildman–Crippen LogP) is 2.77. The van der Waals surface area contributed by atoms with Gasteiger partial charge in [0.15, 0.2) is 0 Å². The van der Waals surface area contributed by atoms with E-state index in [0.29, 0.717) is 14.5 Å². The van der Waals surface area contributed by atoms with Crippen LogP contribution in [0.25, 0.3) is 10.1 Å². The van der Waals surface area contributed by atoms with Crippen molar-refractivity contribution in [1.29, 1.82) is 0 Å². The summed E-state index contributed by atoms with van der Waals surface area (Å²) in [4.78, 5) is 4.35. The average Bonchev–Trinajstić information content (AvgIpc) is 2.52. The van der Waals surface area contributed by atoms with Crippen LogP contribution in [0.3, 0.4) is 0 Å². The van der Waals surface area contributed by atoms with Crippen LogP contribution in [0.4, 0.5) is 0 Å². The fourth-order valence-electron chi connectivity index (χ4n) is 1.11. The number of hydrogen-bond acceptors (Lipinski definition) is 1. The topological polar surface area (TPSA) is 12.9 Å². The van der Waals surface area contributed by atoms with Gasteiger partial charge in [0, 0.05) is 0 Å². The van der Waals surface area contributed by atoms with Crippen LogP contribution in [0.2, 0.25) is 5.02 Å². The Kier molecular flexibility index (Phi) is 2.54. The summed E-state index contributed by atoms with van der Waals surface area (Å²) >= 11 is 6.29.